The molecule has 2 saturated heterocycles. The summed E-state index contributed by atoms with van der Waals surface area (Å²) in [6.45, 7) is 12.7. The highest BCUT2D eigenvalue weighted by Crippen LogP contribution is 2.10. The average Bonchev–Trinajstić information content (AvgIpc) is 3.05. The number of unbranched alkanes of at least 4 members (excludes halogenated alkanes) is 4. The van der Waals surface area contributed by atoms with Gasteiger partial charge in [-0.05, 0) is 38.6 Å². The smallest absolute Gasteiger partial charge is 0.317 e. The van der Waals surface area contributed by atoms with Gasteiger partial charge in [-0.1, -0.05) is 33.1 Å². The molecule has 3 amide bonds. The van der Waals surface area contributed by atoms with Gasteiger partial charge >= 0.3 is 11.9 Å². The van der Waals surface area contributed by atoms with Gasteiger partial charge in [0.1, 0.15) is 0 Å². The van der Waals surface area contributed by atoms with Gasteiger partial charge in [0.25, 0.3) is 0 Å². The number of amides is 3. The first kappa shape index (κ1) is 42.3. The molecule has 2 rings (SSSR count). The molecule has 0 aromatic carbocycles. The number of likely N-dealkylation sites (N-methyl/N-ethyl adjacent to an activating group) is 1. The normalized spacial score (nSPS) is 18.7. The summed E-state index contributed by atoms with van der Waals surface area (Å²) in [7, 11) is 0. The molecule has 0 aliphatic carbocycles. The van der Waals surface area contributed by atoms with Crippen molar-refractivity contribution in [2.75, 3.05) is 111 Å². The average molecular weight is 697 g/mol. The topological polar surface area (TPSA) is 178 Å². The van der Waals surface area contributed by atoms with E-state index in [0.29, 0.717) is 65.3 Å². The molecule has 0 bridgehead atoms. The number of piperidine rings is 1. The van der Waals surface area contributed by atoms with Crippen LogP contribution in [0.4, 0.5) is 0 Å². The highest BCUT2D eigenvalue weighted by Gasteiger charge is 2.24. The minimum absolute atomic E-state index is 0.000819. The Kier molecular flexibility index (Phi) is 21.7. The molecule has 0 atom stereocenters. The Morgan fingerprint density at radius 1 is 0.531 bits per heavy atom. The van der Waals surface area contributed by atoms with Gasteiger partial charge in [0.05, 0.1) is 26.2 Å². The molecule has 0 saturated carbocycles. The van der Waals surface area contributed by atoms with Crippen LogP contribution in [-0.2, 0) is 24.0 Å². The van der Waals surface area contributed by atoms with Gasteiger partial charge in [0.15, 0.2) is 0 Å². The van der Waals surface area contributed by atoms with Crippen LogP contribution in [0.3, 0.4) is 0 Å². The van der Waals surface area contributed by atoms with Crippen molar-refractivity contribution >= 4 is 29.7 Å². The van der Waals surface area contributed by atoms with E-state index in [-0.39, 0.29) is 43.4 Å². The largest absolute Gasteiger partial charge is 0.480 e. The molecule has 0 aromatic heterocycles. The predicted octanol–water partition coefficient (Wildman–Crippen LogP) is -0.0393. The summed E-state index contributed by atoms with van der Waals surface area (Å²) in [5.41, 5.74) is 0. The van der Waals surface area contributed by atoms with E-state index in [1.54, 1.807) is 0 Å². The van der Waals surface area contributed by atoms with Gasteiger partial charge in [-0.25, -0.2) is 0 Å². The quantitative estimate of drug-likeness (QED) is 0.108. The number of carboxylic acid groups (broad SMARTS) is 2. The fourth-order valence-corrected chi connectivity index (χ4v) is 6.23. The van der Waals surface area contributed by atoms with Crippen LogP contribution in [0.5, 0.6) is 0 Å². The molecule has 0 unspecified atom stereocenters. The number of likely N-dealkylation sites (tertiary alicyclic amines) is 1. The van der Waals surface area contributed by atoms with Gasteiger partial charge in [0.2, 0.25) is 17.7 Å². The molecule has 0 aromatic rings. The van der Waals surface area contributed by atoms with E-state index in [0.717, 1.165) is 84.1 Å². The Hall–Kier alpha value is -2.85. The maximum atomic E-state index is 13.1. The first-order chi connectivity index (χ1) is 23.6. The van der Waals surface area contributed by atoms with Crippen LogP contribution < -0.4 is 16.0 Å². The number of carbonyl (C=O) groups is 5. The summed E-state index contributed by atoms with van der Waals surface area (Å²) in [4.78, 5) is 70.5. The monoisotopic (exact) mass is 696 g/mol. The Labute approximate surface area is 293 Å². The zero-order valence-electron chi connectivity index (χ0n) is 30.1. The number of carboxylic acids is 2. The first-order valence-corrected chi connectivity index (χ1v) is 18.5. The van der Waals surface area contributed by atoms with E-state index in [4.69, 9.17) is 0 Å². The highest BCUT2D eigenvalue weighted by molar-refractivity contribution is 5.79. The summed E-state index contributed by atoms with van der Waals surface area (Å²) in [6.07, 6.45) is 7.92. The minimum Gasteiger partial charge on any atom is -0.480 e. The van der Waals surface area contributed by atoms with Gasteiger partial charge in [0, 0.05) is 91.0 Å². The third-order valence-electron chi connectivity index (χ3n) is 9.29. The van der Waals surface area contributed by atoms with Crippen LogP contribution in [0.1, 0.15) is 71.6 Å². The Balaban J connectivity index is 1.70. The molecule has 2 fully saturated rings. The molecule has 49 heavy (non-hydrogen) atoms. The van der Waals surface area contributed by atoms with Crippen molar-refractivity contribution in [3.05, 3.63) is 0 Å². The van der Waals surface area contributed by atoms with Crippen molar-refractivity contribution in [2.45, 2.75) is 77.7 Å². The first-order valence-electron chi connectivity index (χ1n) is 18.5. The summed E-state index contributed by atoms with van der Waals surface area (Å²) in [6, 6.07) is 0.0407. The lowest BCUT2D eigenvalue weighted by Gasteiger charge is -2.34. The molecule has 2 heterocycles. The minimum atomic E-state index is -0.937. The predicted molar refractivity (Wildman–Crippen MR) is 188 cm³/mol. The number of nitrogens with zero attached hydrogens (tertiary/aromatic N) is 5. The standard InChI is InChI=1S/C34H64N8O7/c1-3-5-8-13-35-30(43)10-7-6-9-14-36-31(44)25-39-15-11-29(12-16-39)37-32(45)26-40-19-17-38(4-2)18-20-41(27-33(46)47)23-24-42(22-21-40)28-34(48)49/h29H,3-28H2,1-2H3,(H,35,43)(H,36,44)(H,37,45)(H,46,47)(H,48,49). The summed E-state index contributed by atoms with van der Waals surface area (Å²) < 4.78 is 0. The lowest BCUT2D eigenvalue weighted by molar-refractivity contribution is -0.140. The molecule has 2 aliphatic rings. The third-order valence-corrected chi connectivity index (χ3v) is 9.29. The molecule has 282 valence electrons. The van der Waals surface area contributed by atoms with Crippen molar-refractivity contribution in [1.29, 1.82) is 0 Å². The Morgan fingerprint density at radius 2 is 0.980 bits per heavy atom. The second-order valence-electron chi connectivity index (χ2n) is 13.4. The number of aliphatic carboxylic acids is 2. The Morgan fingerprint density at radius 3 is 1.49 bits per heavy atom. The zero-order valence-corrected chi connectivity index (χ0v) is 30.1. The number of nitrogens with one attached hydrogen (secondary N) is 3. The number of rotatable bonds is 20. The maximum absolute atomic E-state index is 13.1. The van der Waals surface area contributed by atoms with E-state index < -0.39 is 11.9 Å². The summed E-state index contributed by atoms with van der Waals surface area (Å²) in [5.74, 6) is -1.79. The van der Waals surface area contributed by atoms with Crippen molar-refractivity contribution in [3.63, 3.8) is 0 Å². The zero-order chi connectivity index (χ0) is 35.9. The van der Waals surface area contributed by atoms with Crippen LogP contribution in [0.25, 0.3) is 0 Å². The van der Waals surface area contributed by atoms with Crippen molar-refractivity contribution < 1.29 is 34.2 Å². The second-order valence-corrected chi connectivity index (χ2v) is 13.4. The molecular formula is C34H64N8O7. The van der Waals surface area contributed by atoms with Crippen molar-refractivity contribution in [3.8, 4) is 0 Å². The van der Waals surface area contributed by atoms with Crippen LogP contribution in [0, 0.1) is 0 Å². The number of carbonyl (C=O) groups excluding carboxylic acids is 3. The third kappa shape index (κ3) is 20.4. The summed E-state index contributed by atoms with van der Waals surface area (Å²) >= 11 is 0. The van der Waals surface area contributed by atoms with Crippen LogP contribution in [-0.4, -0.2) is 182 Å². The summed E-state index contributed by atoms with van der Waals surface area (Å²) in [5, 5.41) is 27.9. The van der Waals surface area contributed by atoms with Gasteiger partial charge < -0.3 is 31.1 Å². The molecule has 15 heteroatoms. The van der Waals surface area contributed by atoms with E-state index >= 15 is 0 Å². The van der Waals surface area contributed by atoms with Gasteiger partial charge in [-0.15, -0.1) is 0 Å². The molecule has 0 radical (unpaired) electrons. The highest BCUT2D eigenvalue weighted by atomic mass is 16.4. The molecular weight excluding hydrogens is 632 g/mol. The van der Waals surface area contributed by atoms with Crippen LogP contribution >= 0.6 is 0 Å². The van der Waals surface area contributed by atoms with Crippen LogP contribution in [0.2, 0.25) is 0 Å². The van der Waals surface area contributed by atoms with E-state index in [2.05, 4.69) is 44.5 Å². The lowest BCUT2D eigenvalue weighted by Crippen LogP contribution is -2.51. The van der Waals surface area contributed by atoms with E-state index in [1.807, 2.05) is 9.80 Å². The van der Waals surface area contributed by atoms with Crippen molar-refractivity contribution in [1.82, 2.24) is 40.4 Å². The molecule has 0 spiro atoms. The fourth-order valence-electron chi connectivity index (χ4n) is 6.23. The maximum Gasteiger partial charge on any atom is 0.317 e. The second kappa shape index (κ2) is 25.2. The molecule has 15 nitrogen and oxygen atoms in total. The molecule has 2 aliphatic heterocycles. The van der Waals surface area contributed by atoms with Gasteiger partial charge in [-0.2, -0.15) is 0 Å². The van der Waals surface area contributed by atoms with E-state index in [1.165, 1.54) is 0 Å². The van der Waals surface area contributed by atoms with Crippen molar-refractivity contribution in [2.24, 2.45) is 0 Å². The fraction of sp³-hybridized carbons (Fsp3) is 0.853. The number of hydrogen-bond donors (Lipinski definition) is 5. The van der Waals surface area contributed by atoms with Gasteiger partial charge in [-0.3, -0.25) is 43.6 Å². The Bertz CT molecular complexity index is 996. The van der Waals surface area contributed by atoms with E-state index in [9.17, 15) is 34.2 Å². The molecule has 5 N–H and O–H groups in total. The SMILES string of the molecule is CCCCCNC(=O)CCCCCNC(=O)CN1CCC(NC(=O)CN2CCN(CC)CCN(CC(=O)O)CCN(CC(=O)O)CC2)CC1. The number of hydrogen-bond acceptors (Lipinski definition) is 10. The van der Waals surface area contributed by atoms with Crippen LogP contribution in [0.15, 0.2) is 0 Å². The lowest BCUT2D eigenvalue weighted by atomic mass is 10.0.